The van der Waals surface area contributed by atoms with Gasteiger partial charge in [-0.05, 0) is 68.8 Å². The number of para-hydroxylation sites is 1. The lowest BCUT2D eigenvalue weighted by atomic mass is 10.1. The molecule has 0 fully saturated rings. The topological polar surface area (TPSA) is 71.5 Å². The molecule has 0 spiro atoms. The number of aromatic nitrogens is 1. The highest BCUT2D eigenvalue weighted by Crippen LogP contribution is 2.26. The van der Waals surface area contributed by atoms with Crippen molar-refractivity contribution in [3.8, 4) is 0 Å². The number of carbonyl (C=O) groups excluding carboxylic acids is 2. The van der Waals surface area contributed by atoms with Crippen LogP contribution < -0.4 is 5.32 Å². The molecule has 7 heteroatoms. The number of hydrogen-bond acceptors (Lipinski definition) is 5. The van der Waals surface area contributed by atoms with Gasteiger partial charge in [-0.15, -0.1) is 0 Å². The number of nitrogens with one attached hydrogen (secondary N) is 1. The molecule has 166 valence electrons. The van der Waals surface area contributed by atoms with Gasteiger partial charge < -0.3 is 15.0 Å². The van der Waals surface area contributed by atoms with Gasteiger partial charge in [0.2, 0.25) is 0 Å². The normalized spacial score (nSPS) is 11.0. The molecule has 0 atom stereocenters. The predicted molar refractivity (Wildman–Crippen MR) is 127 cm³/mol. The van der Waals surface area contributed by atoms with Gasteiger partial charge in [0.25, 0.3) is 5.91 Å². The molecule has 0 aliphatic heterocycles. The third-order valence-electron chi connectivity index (χ3n) is 4.35. The van der Waals surface area contributed by atoms with Crippen LogP contribution in [0.1, 0.15) is 36.7 Å². The molecule has 2 amide bonds. The Balaban J connectivity index is 1.66. The molecule has 32 heavy (non-hydrogen) atoms. The van der Waals surface area contributed by atoms with E-state index in [4.69, 9.17) is 4.74 Å². The number of rotatable bonds is 6. The van der Waals surface area contributed by atoms with E-state index in [0.717, 1.165) is 15.5 Å². The molecule has 0 bridgehead atoms. The van der Waals surface area contributed by atoms with Crippen molar-refractivity contribution in [2.75, 3.05) is 12.4 Å². The van der Waals surface area contributed by atoms with Gasteiger partial charge in [-0.2, -0.15) is 0 Å². The van der Waals surface area contributed by atoms with Crippen LogP contribution in [0.5, 0.6) is 0 Å². The maximum Gasteiger partial charge on any atom is 0.410 e. The molecule has 1 N–H and O–H groups in total. The van der Waals surface area contributed by atoms with Gasteiger partial charge in [-0.1, -0.05) is 36.0 Å². The lowest BCUT2D eigenvalue weighted by Gasteiger charge is -2.25. The van der Waals surface area contributed by atoms with Crippen LogP contribution in [0.3, 0.4) is 0 Å². The third kappa shape index (κ3) is 6.85. The van der Waals surface area contributed by atoms with Crippen molar-refractivity contribution < 1.29 is 14.3 Å². The highest BCUT2D eigenvalue weighted by Gasteiger charge is 2.20. The molecule has 3 aromatic rings. The Morgan fingerprint density at radius 1 is 1.00 bits per heavy atom. The fourth-order valence-electron chi connectivity index (χ4n) is 2.84. The van der Waals surface area contributed by atoms with E-state index in [2.05, 4.69) is 10.3 Å². The standard InChI is InChI=1S/C25H27N3O3S/c1-25(2,3)31-24(30)28(4)17-19-9-5-6-10-21(19)27-23(29)18-12-14-20(15-13-18)32-22-11-7-8-16-26-22/h5-16H,17H2,1-4H3,(H,27,29). The molecule has 6 nitrogen and oxygen atoms in total. The van der Waals surface area contributed by atoms with E-state index < -0.39 is 11.7 Å². The molecule has 0 saturated heterocycles. The second kappa shape index (κ2) is 10.3. The van der Waals surface area contributed by atoms with Gasteiger partial charge in [0.1, 0.15) is 10.6 Å². The predicted octanol–water partition coefficient (Wildman–Crippen LogP) is 5.85. The Bertz CT molecular complexity index is 1060. The molecule has 2 aromatic carbocycles. The first kappa shape index (κ1) is 23.3. The first-order valence-corrected chi connectivity index (χ1v) is 11.1. The van der Waals surface area contributed by atoms with Crippen LogP contribution in [0.2, 0.25) is 0 Å². The first-order valence-electron chi connectivity index (χ1n) is 10.2. The van der Waals surface area contributed by atoms with Crippen molar-refractivity contribution in [3.63, 3.8) is 0 Å². The van der Waals surface area contributed by atoms with Gasteiger partial charge in [0.15, 0.2) is 0 Å². The van der Waals surface area contributed by atoms with Gasteiger partial charge in [0.05, 0.1) is 6.54 Å². The fraction of sp³-hybridized carbons (Fsp3) is 0.240. The summed E-state index contributed by atoms with van der Waals surface area (Å²) in [5.41, 5.74) is 1.45. The number of benzene rings is 2. The Kier molecular flexibility index (Phi) is 7.53. The van der Waals surface area contributed by atoms with E-state index in [1.807, 2.05) is 75.4 Å². The largest absolute Gasteiger partial charge is 0.444 e. The second-order valence-electron chi connectivity index (χ2n) is 8.24. The van der Waals surface area contributed by atoms with Crippen LogP contribution in [-0.2, 0) is 11.3 Å². The number of carbonyl (C=O) groups is 2. The summed E-state index contributed by atoms with van der Waals surface area (Å²) in [5, 5.41) is 3.85. The van der Waals surface area contributed by atoms with Crippen molar-refractivity contribution in [1.82, 2.24) is 9.88 Å². The SMILES string of the molecule is CN(Cc1ccccc1NC(=O)c1ccc(Sc2ccccn2)cc1)C(=O)OC(C)(C)C. The van der Waals surface area contributed by atoms with Gasteiger partial charge in [-0.3, -0.25) is 4.79 Å². The lowest BCUT2D eigenvalue weighted by Crippen LogP contribution is -2.34. The number of amides is 2. The van der Waals surface area contributed by atoms with Crippen molar-refractivity contribution >= 4 is 29.4 Å². The van der Waals surface area contributed by atoms with Crippen LogP contribution in [0, 0.1) is 0 Å². The van der Waals surface area contributed by atoms with E-state index in [1.165, 1.54) is 16.7 Å². The molecule has 1 aromatic heterocycles. The molecule has 3 rings (SSSR count). The maximum absolute atomic E-state index is 12.8. The maximum atomic E-state index is 12.8. The minimum Gasteiger partial charge on any atom is -0.444 e. The fourth-order valence-corrected chi connectivity index (χ4v) is 3.61. The lowest BCUT2D eigenvalue weighted by molar-refractivity contribution is 0.0285. The second-order valence-corrected chi connectivity index (χ2v) is 9.34. The smallest absolute Gasteiger partial charge is 0.410 e. The molecule has 0 aliphatic carbocycles. The van der Waals surface area contributed by atoms with E-state index in [-0.39, 0.29) is 5.91 Å². The van der Waals surface area contributed by atoms with E-state index in [9.17, 15) is 9.59 Å². The summed E-state index contributed by atoms with van der Waals surface area (Å²) in [4.78, 5) is 31.9. The van der Waals surface area contributed by atoms with Crippen LogP contribution in [-0.4, -0.2) is 34.5 Å². The van der Waals surface area contributed by atoms with Gasteiger partial charge >= 0.3 is 6.09 Å². The minimum absolute atomic E-state index is 0.216. The molecule has 0 unspecified atom stereocenters. The van der Waals surface area contributed by atoms with Crippen LogP contribution in [0.15, 0.2) is 82.8 Å². The molecule has 0 saturated carbocycles. The summed E-state index contributed by atoms with van der Waals surface area (Å²) < 4.78 is 5.41. The molecular formula is C25H27N3O3S. The van der Waals surface area contributed by atoms with E-state index >= 15 is 0 Å². The zero-order valence-electron chi connectivity index (χ0n) is 18.7. The summed E-state index contributed by atoms with van der Waals surface area (Å²) in [6.07, 6.45) is 1.33. The average Bonchev–Trinajstić information content (AvgIpc) is 2.75. The van der Waals surface area contributed by atoms with Crippen molar-refractivity contribution in [2.45, 2.75) is 42.8 Å². The number of nitrogens with zero attached hydrogens (tertiary/aromatic N) is 2. The Morgan fingerprint density at radius 3 is 2.34 bits per heavy atom. The van der Waals surface area contributed by atoms with Crippen molar-refractivity contribution in [2.24, 2.45) is 0 Å². The highest BCUT2D eigenvalue weighted by atomic mass is 32.2. The molecule has 0 radical (unpaired) electrons. The summed E-state index contributed by atoms with van der Waals surface area (Å²) in [5.74, 6) is -0.216. The van der Waals surface area contributed by atoms with Gasteiger partial charge in [0, 0.05) is 29.4 Å². The van der Waals surface area contributed by atoms with Crippen LogP contribution >= 0.6 is 11.8 Å². The summed E-state index contributed by atoms with van der Waals surface area (Å²) >= 11 is 1.54. The number of ether oxygens (including phenoxy) is 1. The number of pyridine rings is 1. The van der Waals surface area contributed by atoms with Gasteiger partial charge in [-0.25, -0.2) is 9.78 Å². The van der Waals surface area contributed by atoms with Crippen LogP contribution in [0.25, 0.3) is 0 Å². The monoisotopic (exact) mass is 449 g/mol. The highest BCUT2D eigenvalue weighted by molar-refractivity contribution is 7.99. The summed E-state index contributed by atoms with van der Waals surface area (Å²) in [7, 11) is 1.67. The number of hydrogen-bond donors (Lipinski definition) is 1. The quantitative estimate of drug-likeness (QED) is 0.511. The van der Waals surface area contributed by atoms with Crippen LogP contribution in [0.4, 0.5) is 10.5 Å². The Hall–Kier alpha value is -3.32. The van der Waals surface area contributed by atoms with E-state index in [1.54, 1.807) is 25.4 Å². The van der Waals surface area contributed by atoms with E-state index in [0.29, 0.717) is 17.8 Å². The van der Waals surface area contributed by atoms with Crippen molar-refractivity contribution in [3.05, 3.63) is 84.1 Å². The average molecular weight is 450 g/mol. The molecule has 0 aliphatic rings. The van der Waals surface area contributed by atoms with Crippen molar-refractivity contribution in [1.29, 1.82) is 0 Å². The first-order chi connectivity index (χ1) is 15.2. The minimum atomic E-state index is -0.569. The Labute approximate surface area is 193 Å². The zero-order chi connectivity index (χ0) is 23.1. The third-order valence-corrected chi connectivity index (χ3v) is 5.31. The Morgan fingerprint density at radius 2 is 1.69 bits per heavy atom. The number of anilines is 1. The summed E-state index contributed by atoms with van der Waals surface area (Å²) in [6, 6.07) is 20.5. The zero-order valence-corrected chi connectivity index (χ0v) is 19.5. The summed E-state index contributed by atoms with van der Waals surface area (Å²) in [6.45, 7) is 5.79. The molecule has 1 heterocycles. The molecular weight excluding hydrogens is 422 g/mol.